The molecule has 0 unspecified atom stereocenters. The van der Waals surface area contributed by atoms with Gasteiger partial charge in [-0.25, -0.2) is 9.80 Å². The number of nitro benzene ring substituents is 1. The quantitative estimate of drug-likeness (QED) is 0.280. The van der Waals surface area contributed by atoms with Gasteiger partial charge in [0.2, 0.25) is 0 Å². The van der Waals surface area contributed by atoms with E-state index in [0.29, 0.717) is 38.4 Å². The standard InChI is InChI=1S/C18H25N7O4/c1-2-13-11-14(25(28)29)3-4-15(13)19-5-6-20-24-9-7-23(8-10-24)16-12-17(26)22-18(27)21-16/h3-4,11-12,19-20H,2,5-10H2,1H3,(H2,21,22,26,27). The van der Waals surface area contributed by atoms with Crippen LogP contribution in [0.4, 0.5) is 17.2 Å². The Bertz CT molecular complexity index is 935. The second-order valence-corrected chi connectivity index (χ2v) is 6.73. The van der Waals surface area contributed by atoms with Crippen molar-refractivity contribution >= 4 is 17.2 Å². The highest BCUT2D eigenvalue weighted by Gasteiger charge is 2.18. The first-order valence-electron chi connectivity index (χ1n) is 9.54. The van der Waals surface area contributed by atoms with Gasteiger partial charge in [0.25, 0.3) is 11.2 Å². The summed E-state index contributed by atoms with van der Waals surface area (Å²) in [6, 6.07) is 6.25. The van der Waals surface area contributed by atoms with Gasteiger partial charge in [-0.3, -0.25) is 30.3 Å². The minimum Gasteiger partial charge on any atom is -0.383 e. The van der Waals surface area contributed by atoms with E-state index in [1.165, 1.54) is 12.1 Å². The van der Waals surface area contributed by atoms with Crippen molar-refractivity contribution in [3.63, 3.8) is 0 Å². The van der Waals surface area contributed by atoms with Crippen molar-refractivity contribution < 1.29 is 4.92 Å². The molecule has 11 nitrogen and oxygen atoms in total. The Morgan fingerprint density at radius 3 is 2.52 bits per heavy atom. The number of nitrogens with one attached hydrogen (secondary N) is 4. The number of hydrogen-bond acceptors (Lipinski definition) is 8. The summed E-state index contributed by atoms with van der Waals surface area (Å²) in [6.45, 7) is 6.19. The molecule has 0 spiro atoms. The van der Waals surface area contributed by atoms with E-state index < -0.39 is 11.2 Å². The highest BCUT2D eigenvalue weighted by atomic mass is 16.6. The minimum absolute atomic E-state index is 0.102. The van der Waals surface area contributed by atoms with Gasteiger partial charge in [0, 0.05) is 63.2 Å². The van der Waals surface area contributed by atoms with Crippen LogP contribution in [0.5, 0.6) is 0 Å². The number of H-pyrrole nitrogens is 2. The number of nitro groups is 1. The van der Waals surface area contributed by atoms with Gasteiger partial charge >= 0.3 is 5.69 Å². The molecule has 156 valence electrons. The maximum atomic E-state index is 11.4. The van der Waals surface area contributed by atoms with Gasteiger partial charge in [-0.1, -0.05) is 6.92 Å². The van der Waals surface area contributed by atoms with Crippen molar-refractivity contribution in [3.8, 4) is 0 Å². The Kier molecular flexibility index (Phi) is 6.62. The molecule has 4 N–H and O–H groups in total. The molecule has 3 rings (SSSR count). The van der Waals surface area contributed by atoms with Crippen LogP contribution >= 0.6 is 0 Å². The number of piperazine rings is 1. The zero-order valence-electron chi connectivity index (χ0n) is 16.2. The van der Waals surface area contributed by atoms with E-state index in [0.717, 1.165) is 24.3 Å². The van der Waals surface area contributed by atoms with Crippen molar-refractivity contribution in [2.75, 3.05) is 49.5 Å². The number of aromatic amines is 2. The first kappa shape index (κ1) is 20.6. The van der Waals surface area contributed by atoms with Crippen molar-refractivity contribution in [1.29, 1.82) is 0 Å². The van der Waals surface area contributed by atoms with Crippen molar-refractivity contribution in [3.05, 3.63) is 60.8 Å². The summed E-state index contributed by atoms with van der Waals surface area (Å²) in [5.74, 6) is 0.533. The molecule has 0 saturated carbocycles. The van der Waals surface area contributed by atoms with Crippen molar-refractivity contribution in [1.82, 2.24) is 20.4 Å². The molecule has 0 amide bonds. The lowest BCUT2D eigenvalue weighted by Gasteiger charge is -2.35. The summed E-state index contributed by atoms with van der Waals surface area (Å²) < 4.78 is 0. The molecular formula is C18H25N7O4. The number of benzene rings is 1. The normalized spacial score (nSPS) is 14.7. The third-order valence-electron chi connectivity index (χ3n) is 4.82. The Morgan fingerprint density at radius 1 is 1.10 bits per heavy atom. The van der Waals surface area contributed by atoms with E-state index in [1.807, 2.05) is 11.8 Å². The van der Waals surface area contributed by atoms with Crippen LogP contribution in [-0.4, -0.2) is 59.2 Å². The Hall–Kier alpha value is -3.18. The molecule has 11 heteroatoms. The lowest BCUT2D eigenvalue weighted by molar-refractivity contribution is -0.384. The number of rotatable bonds is 8. The lowest BCUT2D eigenvalue weighted by atomic mass is 10.1. The Morgan fingerprint density at radius 2 is 1.86 bits per heavy atom. The number of hydrogen-bond donors (Lipinski definition) is 4. The molecule has 2 heterocycles. The SMILES string of the molecule is CCc1cc([N+](=O)[O-])ccc1NCCNN1CCN(c2cc(=O)[nH]c(=O)[nH]2)CC1. The number of aromatic nitrogens is 2. The second kappa shape index (κ2) is 9.34. The molecule has 0 radical (unpaired) electrons. The molecule has 0 atom stereocenters. The molecule has 0 aliphatic carbocycles. The van der Waals surface area contributed by atoms with E-state index in [-0.39, 0.29) is 10.6 Å². The van der Waals surface area contributed by atoms with Gasteiger partial charge < -0.3 is 10.2 Å². The third-order valence-corrected chi connectivity index (χ3v) is 4.82. The number of anilines is 2. The molecule has 29 heavy (non-hydrogen) atoms. The molecule has 2 aromatic rings. The van der Waals surface area contributed by atoms with Crippen LogP contribution in [0.15, 0.2) is 33.9 Å². The molecule has 1 fully saturated rings. The highest BCUT2D eigenvalue weighted by Crippen LogP contribution is 2.22. The topological polar surface area (TPSA) is 139 Å². The van der Waals surface area contributed by atoms with E-state index in [1.54, 1.807) is 12.1 Å². The van der Waals surface area contributed by atoms with E-state index in [9.17, 15) is 19.7 Å². The smallest absolute Gasteiger partial charge is 0.327 e. The summed E-state index contributed by atoms with van der Waals surface area (Å²) in [5.41, 5.74) is 4.36. The Labute approximate surface area is 166 Å². The predicted octanol–water partition coefficient (Wildman–Crippen LogP) is 0.273. The van der Waals surface area contributed by atoms with Gasteiger partial charge in [0.05, 0.1) is 4.92 Å². The fourth-order valence-corrected chi connectivity index (χ4v) is 3.30. The summed E-state index contributed by atoms with van der Waals surface area (Å²) >= 11 is 0. The first-order valence-corrected chi connectivity index (χ1v) is 9.54. The summed E-state index contributed by atoms with van der Waals surface area (Å²) in [5, 5.41) is 16.3. The molecule has 1 aromatic carbocycles. The summed E-state index contributed by atoms with van der Waals surface area (Å²) in [4.78, 5) is 40.1. The van der Waals surface area contributed by atoms with E-state index >= 15 is 0 Å². The van der Waals surface area contributed by atoms with E-state index in [4.69, 9.17) is 0 Å². The monoisotopic (exact) mass is 403 g/mol. The zero-order chi connectivity index (χ0) is 20.8. The van der Waals surface area contributed by atoms with Crippen molar-refractivity contribution in [2.45, 2.75) is 13.3 Å². The maximum Gasteiger partial charge on any atom is 0.327 e. The van der Waals surface area contributed by atoms with Crippen LogP contribution in [0.2, 0.25) is 0 Å². The third kappa shape index (κ3) is 5.42. The van der Waals surface area contributed by atoms with Crippen LogP contribution in [0.25, 0.3) is 0 Å². The number of non-ortho nitro benzene ring substituents is 1. The van der Waals surface area contributed by atoms with Crippen LogP contribution in [0.3, 0.4) is 0 Å². The number of hydrazine groups is 1. The molecule has 1 saturated heterocycles. The first-order chi connectivity index (χ1) is 14.0. The van der Waals surface area contributed by atoms with Crippen LogP contribution in [-0.2, 0) is 6.42 Å². The lowest BCUT2D eigenvalue weighted by Crippen LogP contribution is -2.53. The van der Waals surface area contributed by atoms with Crippen LogP contribution in [0, 0.1) is 10.1 Å². The van der Waals surface area contributed by atoms with Crippen LogP contribution in [0.1, 0.15) is 12.5 Å². The average molecular weight is 403 g/mol. The fraction of sp³-hybridized carbons (Fsp3) is 0.444. The van der Waals surface area contributed by atoms with Gasteiger partial charge in [0.15, 0.2) is 0 Å². The van der Waals surface area contributed by atoms with Crippen LogP contribution < -0.4 is 26.9 Å². The highest BCUT2D eigenvalue weighted by molar-refractivity contribution is 5.56. The maximum absolute atomic E-state index is 11.4. The largest absolute Gasteiger partial charge is 0.383 e. The number of aryl methyl sites for hydroxylation is 1. The molecule has 0 bridgehead atoms. The summed E-state index contributed by atoms with van der Waals surface area (Å²) in [7, 11) is 0. The van der Waals surface area contributed by atoms with Gasteiger partial charge in [0.1, 0.15) is 5.82 Å². The molecular weight excluding hydrogens is 378 g/mol. The second-order valence-electron chi connectivity index (χ2n) is 6.73. The van der Waals surface area contributed by atoms with Gasteiger partial charge in [-0.15, -0.1) is 0 Å². The minimum atomic E-state index is -0.503. The van der Waals surface area contributed by atoms with Gasteiger partial charge in [-0.2, -0.15) is 0 Å². The molecule has 1 aliphatic heterocycles. The zero-order valence-corrected chi connectivity index (χ0v) is 16.2. The van der Waals surface area contributed by atoms with E-state index in [2.05, 4.69) is 25.7 Å². The number of nitrogens with zero attached hydrogens (tertiary/aromatic N) is 3. The average Bonchev–Trinajstić information content (AvgIpc) is 2.70. The predicted molar refractivity (Wildman–Crippen MR) is 110 cm³/mol. The van der Waals surface area contributed by atoms with Gasteiger partial charge in [-0.05, 0) is 18.1 Å². The molecule has 1 aliphatic rings. The fourth-order valence-electron chi connectivity index (χ4n) is 3.30. The van der Waals surface area contributed by atoms with Crippen molar-refractivity contribution in [2.24, 2.45) is 0 Å². The molecule has 1 aromatic heterocycles. The Balaban J connectivity index is 1.44. The summed E-state index contributed by atoms with van der Waals surface area (Å²) in [6.07, 6.45) is 0.712.